The van der Waals surface area contributed by atoms with Gasteiger partial charge in [0.15, 0.2) is 0 Å². The van der Waals surface area contributed by atoms with E-state index < -0.39 is 0 Å². The maximum Gasteiger partial charge on any atom is 0.119 e. The molecular weight excluding hydrogens is 282 g/mol. The molecule has 2 nitrogen and oxygen atoms in total. The summed E-state index contributed by atoms with van der Waals surface area (Å²) in [7, 11) is 0. The maximum atomic E-state index is 5.81. The van der Waals surface area contributed by atoms with Crippen molar-refractivity contribution in [3.63, 3.8) is 0 Å². The normalized spacial score (nSPS) is 10.4. The lowest BCUT2D eigenvalue weighted by molar-refractivity contribution is -0.686. The second-order valence-corrected chi connectivity index (χ2v) is 5.60. The minimum Gasteiger partial charge on any atom is -0.489 e. The Kier molecular flexibility index (Phi) is 5.43. The zero-order chi connectivity index (χ0) is 15.7. The lowest BCUT2D eigenvalue weighted by atomic mass is 10.2. The van der Waals surface area contributed by atoms with E-state index in [4.69, 9.17) is 4.74 Å². The molecule has 0 bridgehead atoms. The van der Waals surface area contributed by atoms with Crippen LogP contribution < -0.4 is 10.1 Å². The summed E-state index contributed by atoms with van der Waals surface area (Å²) < 4.78 is 5.81. The maximum absolute atomic E-state index is 5.81. The highest BCUT2D eigenvalue weighted by Crippen LogP contribution is 2.13. The molecule has 0 fully saturated rings. The van der Waals surface area contributed by atoms with E-state index in [1.54, 1.807) is 0 Å². The number of ether oxygens (including phenoxy) is 1. The third-order valence-corrected chi connectivity index (χ3v) is 3.77. The molecule has 0 atom stereocenters. The van der Waals surface area contributed by atoms with Crippen molar-refractivity contribution in [2.24, 2.45) is 0 Å². The Morgan fingerprint density at radius 2 is 1.09 bits per heavy atom. The highest BCUT2D eigenvalue weighted by Gasteiger charge is 1.99. The van der Waals surface area contributed by atoms with Gasteiger partial charge in [-0.3, -0.25) is 0 Å². The van der Waals surface area contributed by atoms with Crippen molar-refractivity contribution in [2.45, 2.75) is 19.7 Å². The van der Waals surface area contributed by atoms with Gasteiger partial charge in [0, 0.05) is 11.1 Å². The summed E-state index contributed by atoms with van der Waals surface area (Å²) in [5.74, 6) is 0.917. The van der Waals surface area contributed by atoms with Crippen LogP contribution >= 0.6 is 0 Å². The van der Waals surface area contributed by atoms with Gasteiger partial charge in [-0.2, -0.15) is 0 Å². The van der Waals surface area contributed by atoms with Gasteiger partial charge >= 0.3 is 0 Å². The first kappa shape index (κ1) is 15.3. The summed E-state index contributed by atoms with van der Waals surface area (Å²) in [5, 5.41) is 2.31. The summed E-state index contributed by atoms with van der Waals surface area (Å²) in [6.45, 7) is 2.60. The van der Waals surface area contributed by atoms with E-state index in [1.807, 2.05) is 18.2 Å². The van der Waals surface area contributed by atoms with Gasteiger partial charge in [-0.25, -0.2) is 0 Å². The molecule has 0 aliphatic rings. The molecule has 3 rings (SSSR count). The van der Waals surface area contributed by atoms with Crippen molar-refractivity contribution in [2.75, 3.05) is 0 Å². The Morgan fingerprint density at radius 3 is 1.70 bits per heavy atom. The molecule has 0 radical (unpaired) electrons. The molecule has 0 saturated carbocycles. The number of benzene rings is 3. The summed E-state index contributed by atoms with van der Waals surface area (Å²) in [4.78, 5) is 0. The molecule has 2 N–H and O–H groups in total. The molecule has 0 saturated heterocycles. The third kappa shape index (κ3) is 4.97. The van der Waals surface area contributed by atoms with Crippen LogP contribution in [0.2, 0.25) is 0 Å². The zero-order valence-corrected chi connectivity index (χ0v) is 13.2. The van der Waals surface area contributed by atoms with Crippen LogP contribution in [0.5, 0.6) is 5.75 Å². The van der Waals surface area contributed by atoms with E-state index in [9.17, 15) is 0 Å². The van der Waals surface area contributed by atoms with Crippen LogP contribution in [0, 0.1) is 0 Å². The molecule has 23 heavy (non-hydrogen) atoms. The van der Waals surface area contributed by atoms with Gasteiger partial charge in [-0.1, -0.05) is 60.7 Å². The van der Waals surface area contributed by atoms with Crippen molar-refractivity contribution >= 4 is 0 Å². The molecule has 2 heteroatoms. The van der Waals surface area contributed by atoms with Crippen molar-refractivity contribution in [1.29, 1.82) is 0 Å². The molecule has 0 heterocycles. The molecular formula is C21H22NO+. The smallest absolute Gasteiger partial charge is 0.119 e. The second kappa shape index (κ2) is 8.16. The molecule has 0 aromatic heterocycles. The molecule has 0 aliphatic heterocycles. The number of hydrogen-bond acceptors (Lipinski definition) is 1. The van der Waals surface area contributed by atoms with Gasteiger partial charge in [0.2, 0.25) is 0 Å². The van der Waals surface area contributed by atoms with Crippen molar-refractivity contribution in [3.8, 4) is 5.75 Å². The van der Waals surface area contributed by atoms with Gasteiger partial charge in [0.05, 0.1) is 0 Å². The fourth-order valence-electron chi connectivity index (χ4n) is 2.48. The van der Waals surface area contributed by atoms with Crippen LogP contribution in [0.4, 0.5) is 0 Å². The third-order valence-electron chi connectivity index (χ3n) is 3.77. The number of rotatable bonds is 7. The van der Waals surface area contributed by atoms with Crippen LogP contribution in [0.3, 0.4) is 0 Å². The molecule has 0 spiro atoms. The molecule has 116 valence electrons. The predicted octanol–water partition coefficient (Wildman–Crippen LogP) is 3.53. The van der Waals surface area contributed by atoms with E-state index in [-0.39, 0.29) is 0 Å². The summed E-state index contributed by atoms with van der Waals surface area (Å²) in [6, 6.07) is 29.2. The van der Waals surface area contributed by atoms with Crippen LogP contribution in [0.15, 0.2) is 84.9 Å². The Balaban J connectivity index is 1.45. The van der Waals surface area contributed by atoms with E-state index in [1.165, 1.54) is 16.7 Å². The Hall–Kier alpha value is -2.58. The lowest BCUT2D eigenvalue weighted by Crippen LogP contribution is -2.80. The molecule has 0 amide bonds. The monoisotopic (exact) mass is 304 g/mol. The summed E-state index contributed by atoms with van der Waals surface area (Å²) in [5.41, 5.74) is 3.86. The molecule has 3 aromatic carbocycles. The quantitative estimate of drug-likeness (QED) is 0.710. The number of quaternary nitrogens is 1. The average molecular weight is 304 g/mol. The lowest BCUT2D eigenvalue weighted by Gasteiger charge is -2.07. The topological polar surface area (TPSA) is 25.8 Å². The summed E-state index contributed by atoms with van der Waals surface area (Å²) >= 11 is 0. The highest BCUT2D eigenvalue weighted by atomic mass is 16.5. The van der Waals surface area contributed by atoms with E-state index in [0.717, 1.165) is 18.8 Å². The molecule has 3 aromatic rings. The Morgan fingerprint density at radius 1 is 0.565 bits per heavy atom. The van der Waals surface area contributed by atoms with Crippen LogP contribution in [0.1, 0.15) is 16.7 Å². The van der Waals surface area contributed by atoms with Gasteiger partial charge in [-0.15, -0.1) is 0 Å². The molecule has 0 unspecified atom stereocenters. The average Bonchev–Trinajstić information content (AvgIpc) is 2.63. The zero-order valence-electron chi connectivity index (χ0n) is 13.2. The Bertz CT molecular complexity index is 693. The number of nitrogens with two attached hydrogens (primary N) is 1. The minimum atomic E-state index is 0.611. The summed E-state index contributed by atoms with van der Waals surface area (Å²) in [6.07, 6.45) is 0. The standard InChI is InChI=1S/C21H21NO/c1-3-7-18(8-4-1)15-22-16-19-11-13-21(14-12-19)23-17-20-9-5-2-6-10-20/h1-14,22H,15-17H2/p+1. The van der Waals surface area contributed by atoms with E-state index in [0.29, 0.717) is 6.61 Å². The largest absolute Gasteiger partial charge is 0.489 e. The fraction of sp³-hybridized carbons (Fsp3) is 0.143. The SMILES string of the molecule is c1ccc(C[NH2+]Cc2ccc(OCc3ccccc3)cc2)cc1. The fourth-order valence-corrected chi connectivity index (χ4v) is 2.48. The van der Waals surface area contributed by atoms with Crippen molar-refractivity contribution < 1.29 is 10.1 Å². The van der Waals surface area contributed by atoms with Crippen LogP contribution in [-0.2, 0) is 19.7 Å². The van der Waals surface area contributed by atoms with Gasteiger partial charge in [0.25, 0.3) is 0 Å². The van der Waals surface area contributed by atoms with Crippen molar-refractivity contribution in [3.05, 3.63) is 102 Å². The van der Waals surface area contributed by atoms with Crippen LogP contribution in [-0.4, -0.2) is 0 Å². The molecule has 0 aliphatic carbocycles. The minimum absolute atomic E-state index is 0.611. The van der Waals surface area contributed by atoms with Gasteiger partial charge < -0.3 is 10.1 Å². The number of hydrogen-bond donors (Lipinski definition) is 1. The first-order valence-electron chi connectivity index (χ1n) is 8.01. The first-order valence-corrected chi connectivity index (χ1v) is 8.01. The highest BCUT2D eigenvalue weighted by molar-refractivity contribution is 5.27. The Labute approximate surface area is 137 Å². The van der Waals surface area contributed by atoms with Gasteiger partial charge in [-0.05, 0) is 29.8 Å². The van der Waals surface area contributed by atoms with Crippen LogP contribution in [0.25, 0.3) is 0 Å². The van der Waals surface area contributed by atoms with E-state index >= 15 is 0 Å². The van der Waals surface area contributed by atoms with Gasteiger partial charge in [0.1, 0.15) is 25.4 Å². The predicted molar refractivity (Wildman–Crippen MR) is 93.0 cm³/mol. The van der Waals surface area contributed by atoms with Crippen molar-refractivity contribution in [1.82, 2.24) is 0 Å². The second-order valence-electron chi connectivity index (χ2n) is 5.60. The first-order chi connectivity index (χ1) is 11.4. The van der Waals surface area contributed by atoms with E-state index in [2.05, 4.69) is 72.0 Å².